The van der Waals surface area contributed by atoms with Crippen molar-refractivity contribution in [3.8, 4) is 0 Å². The van der Waals surface area contributed by atoms with Gasteiger partial charge in [-0.1, -0.05) is 25.1 Å². The van der Waals surface area contributed by atoms with Gasteiger partial charge in [-0.2, -0.15) is 0 Å². The molecule has 0 unspecified atom stereocenters. The van der Waals surface area contributed by atoms with Crippen molar-refractivity contribution in [3.05, 3.63) is 47.4 Å². The van der Waals surface area contributed by atoms with Crippen LogP contribution in [0.5, 0.6) is 0 Å². The predicted octanol–water partition coefficient (Wildman–Crippen LogP) is 2.30. The van der Waals surface area contributed by atoms with E-state index in [4.69, 9.17) is 4.42 Å². The van der Waals surface area contributed by atoms with Crippen LogP contribution in [-0.4, -0.2) is 16.7 Å². The number of aromatic nitrogens is 2. The zero-order chi connectivity index (χ0) is 12.8. The van der Waals surface area contributed by atoms with E-state index in [9.17, 15) is 4.39 Å². The zero-order valence-corrected chi connectivity index (χ0v) is 10.3. The molecule has 0 saturated heterocycles. The van der Waals surface area contributed by atoms with Crippen molar-refractivity contribution < 1.29 is 8.81 Å². The summed E-state index contributed by atoms with van der Waals surface area (Å²) in [7, 11) is 0. The maximum atomic E-state index is 13.4. The van der Waals surface area contributed by atoms with Gasteiger partial charge in [-0.25, -0.2) is 4.39 Å². The molecule has 0 amide bonds. The normalized spacial score (nSPS) is 10.8. The van der Waals surface area contributed by atoms with Gasteiger partial charge in [0.2, 0.25) is 11.8 Å². The molecule has 0 saturated carbocycles. The lowest BCUT2D eigenvalue weighted by molar-refractivity contribution is 0.437. The highest BCUT2D eigenvalue weighted by molar-refractivity contribution is 5.20. The third-order valence-corrected chi connectivity index (χ3v) is 2.51. The summed E-state index contributed by atoms with van der Waals surface area (Å²) in [6, 6.07) is 6.59. The molecule has 0 fully saturated rings. The Morgan fingerprint density at radius 3 is 2.78 bits per heavy atom. The standard InChI is InChI=1S/C13H16FN3O/c1-2-7-15-9-13-17-16-12(18-13)8-10-5-3-4-6-11(10)14/h3-6,15H,2,7-9H2,1H3. The van der Waals surface area contributed by atoms with E-state index in [1.807, 2.05) is 0 Å². The van der Waals surface area contributed by atoms with Gasteiger partial charge in [0.15, 0.2) is 0 Å². The van der Waals surface area contributed by atoms with Gasteiger partial charge in [-0.3, -0.25) is 0 Å². The highest BCUT2D eigenvalue weighted by Gasteiger charge is 2.09. The monoisotopic (exact) mass is 249 g/mol. The van der Waals surface area contributed by atoms with Gasteiger partial charge in [-0.05, 0) is 24.6 Å². The molecule has 0 spiro atoms. The lowest BCUT2D eigenvalue weighted by atomic mass is 10.1. The summed E-state index contributed by atoms with van der Waals surface area (Å²) in [4.78, 5) is 0. The molecule has 96 valence electrons. The SMILES string of the molecule is CCCNCc1nnc(Cc2ccccc2F)o1. The summed E-state index contributed by atoms with van der Waals surface area (Å²) in [5, 5.41) is 11.0. The Labute approximate surface area is 105 Å². The summed E-state index contributed by atoms with van der Waals surface area (Å²) < 4.78 is 18.9. The fourth-order valence-electron chi connectivity index (χ4n) is 1.61. The first-order valence-corrected chi connectivity index (χ1v) is 6.05. The van der Waals surface area contributed by atoms with Gasteiger partial charge < -0.3 is 9.73 Å². The molecule has 0 radical (unpaired) electrons. The van der Waals surface area contributed by atoms with Crippen molar-refractivity contribution in [2.24, 2.45) is 0 Å². The summed E-state index contributed by atoms with van der Waals surface area (Å²) in [6.07, 6.45) is 1.38. The average Bonchev–Trinajstić information content (AvgIpc) is 2.80. The first-order chi connectivity index (χ1) is 8.79. The van der Waals surface area contributed by atoms with Gasteiger partial charge in [0.05, 0.1) is 13.0 Å². The third kappa shape index (κ3) is 3.37. The van der Waals surface area contributed by atoms with E-state index in [1.54, 1.807) is 18.2 Å². The van der Waals surface area contributed by atoms with E-state index in [1.165, 1.54) is 6.07 Å². The third-order valence-electron chi connectivity index (χ3n) is 2.51. The van der Waals surface area contributed by atoms with Crippen molar-refractivity contribution in [1.29, 1.82) is 0 Å². The Hall–Kier alpha value is -1.75. The van der Waals surface area contributed by atoms with Crippen LogP contribution >= 0.6 is 0 Å². The Balaban J connectivity index is 1.96. The Morgan fingerprint density at radius 2 is 2.00 bits per heavy atom. The molecular formula is C13H16FN3O. The second kappa shape index (κ2) is 6.26. The molecule has 5 heteroatoms. The molecular weight excluding hydrogens is 233 g/mol. The smallest absolute Gasteiger partial charge is 0.230 e. The molecule has 1 aromatic heterocycles. The number of nitrogens with one attached hydrogen (secondary N) is 1. The first-order valence-electron chi connectivity index (χ1n) is 6.05. The summed E-state index contributed by atoms with van der Waals surface area (Å²) in [5.74, 6) is 0.726. The minimum Gasteiger partial charge on any atom is -0.424 e. The van der Waals surface area contributed by atoms with Gasteiger partial charge in [0, 0.05) is 0 Å². The number of nitrogens with zero attached hydrogens (tertiary/aromatic N) is 2. The van der Waals surface area contributed by atoms with Crippen LogP contribution in [0.2, 0.25) is 0 Å². The van der Waals surface area contributed by atoms with E-state index in [0.717, 1.165) is 13.0 Å². The highest BCUT2D eigenvalue weighted by Crippen LogP contribution is 2.12. The summed E-state index contributed by atoms with van der Waals surface area (Å²) >= 11 is 0. The number of hydrogen-bond acceptors (Lipinski definition) is 4. The van der Waals surface area contributed by atoms with E-state index < -0.39 is 0 Å². The molecule has 0 aliphatic carbocycles. The maximum absolute atomic E-state index is 13.4. The molecule has 0 aliphatic heterocycles. The number of halogens is 1. The predicted molar refractivity (Wildman–Crippen MR) is 65.5 cm³/mol. The summed E-state index contributed by atoms with van der Waals surface area (Å²) in [6.45, 7) is 3.55. The minimum absolute atomic E-state index is 0.249. The molecule has 2 rings (SSSR count). The fraction of sp³-hybridized carbons (Fsp3) is 0.385. The Morgan fingerprint density at radius 1 is 1.22 bits per heavy atom. The van der Waals surface area contributed by atoms with Crippen LogP contribution in [-0.2, 0) is 13.0 Å². The van der Waals surface area contributed by atoms with Gasteiger partial charge >= 0.3 is 0 Å². The fourth-order valence-corrected chi connectivity index (χ4v) is 1.61. The second-order valence-electron chi connectivity index (χ2n) is 4.03. The minimum atomic E-state index is -0.249. The molecule has 0 bridgehead atoms. The number of benzene rings is 1. The van der Waals surface area contributed by atoms with Gasteiger partial charge in [-0.15, -0.1) is 10.2 Å². The van der Waals surface area contributed by atoms with Crippen LogP contribution in [0.3, 0.4) is 0 Å². The lowest BCUT2D eigenvalue weighted by Crippen LogP contribution is -2.13. The van der Waals surface area contributed by atoms with Gasteiger partial charge in [0.25, 0.3) is 0 Å². The van der Waals surface area contributed by atoms with Crippen LogP contribution in [0.4, 0.5) is 4.39 Å². The molecule has 0 aliphatic rings. The second-order valence-corrected chi connectivity index (χ2v) is 4.03. The van der Waals surface area contributed by atoms with Gasteiger partial charge in [0.1, 0.15) is 5.82 Å². The van der Waals surface area contributed by atoms with E-state index in [-0.39, 0.29) is 5.82 Å². The molecule has 2 aromatic rings. The zero-order valence-electron chi connectivity index (χ0n) is 10.3. The van der Waals surface area contributed by atoms with Crippen LogP contribution in [0.1, 0.15) is 30.7 Å². The van der Waals surface area contributed by atoms with Crippen molar-refractivity contribution in [2.45, 2.75) is 26.3 Å². The molecule has 1 heterocycles. The molecule has 18 heavy (non-hydrogen) atoms. The van der Waals surface area contributed by atoms with Crippen molar-refractivity contribution in [2.75, 3.05) is 6.54 Å². The number of hydrogen-bond donors (Lipinski definition) is 1. The molecule has 4 nitrogen and oxygen atoms in total. The lowest BCUT2D eigenvalue weighted by Gasteiger charge is -1.98. The largest absolute Gasteiger partial charge is 0.424 e. The van der Waals surface area contributed by atoms with Crippen molar-refractivity contribution in [3.63, 3.8) is 0 Å². The molecule has 1 N–H and O–H groups in total. The first kappa shape index (κ1) is 12.7. The van der Waals surface area contributed by atoms with Crippen LogP contribution in [0.25, 0.3) is 0 Å². The summed E-state index contributed by atoms with van der Waals surface area (Å²) in [5.41, 5.74) is 0.564. The van der Waals surface area contributed by atoms with Crippen molar-refractivity contribution in [1.82, 2.24) is 15.5 Å². The maximum Gasteiger partial charge on any atom is 0.230 e. The van der Waals surface area contributed by atoms with Crippen LogP contribution < -0.4 is 5.32 Å². The van der Waals surface area contributed by atoms with Crippen molar-refractivity contribution >= 4 is 0 Å². The molecule has 0 atom stereocenters. The quantitative estimate of drug-likeness (QED) is 0.798. The number of rotatable bonds is 6. The van der Waals surface area contributed by atoms with E-state index in [2.05, 4.69) is 22.4 Å². The topological polar surface area (TPSA) is 51.0 Å². The van der Waals surface area contributed by atoms with Crippen LogP contribution in [0.15, 0.2) is 28.7 Å². The Kier molecular flexibility index (Phi) is 4.41. The highest BCUT2D eigenvalue weighted by atomic mass is 19.1. The van der Waals surface area contributed by atoms with Crippen LogP contribution in [0, 0.1) is 5.82 Å². The van der Waals surface area contributed by atoms with E-state index >= 15 is 0 Å². The Bertz CT molecular complexity index is 498. The average molecular weight is 249 g/mol. The molecule has 1 aromatic carbocycles. The van der Waals surface area contributed by atoms with E-state index in [0.29, 0.717) is 30.3 Å².